The fraction of sp³-hybridized carbons (Fsp3) is 0.571. The minimum absolute atomic E-state index is 0.0966. The van der Waals surface area contributed by atoms with Crippen molar-refractivity contribution in [2.24, 2.45) is 0 Å². The monoisotopic (exact) mass is 248 g/mol. The average molecular weight is 248 g/mol. The summed E-state index contributed by atoms with van der Waals surface area (Å²) in [5.74, 6) is 0. The molecule has 2 rings (SSSR count). The number of aldehydes is 1. The largest absolute Gasteiger partial charge is 0.309 e. The van der Waals surface area contributed by atoms with Gasteiger partial charge in [-0.3, -0.25) is 14.5 Å². The van der Waals surface area contributed by atoms with Crippen molar-refractivity contribution in [1.82, 2.24) is 9.47 Å². The molecule has 0 N–H and O–H groups in total. The molecule has 0 atom stereocenters. The van der Waals surface area contributed by atoms with Gasteiger partial charge >= 0.3 is 0 Å². The predicted molar refractivity (Wildman–Crippen MR) is 71.1 cm³/mol. The minimum Gasteiger partial charge on any atom is -0.309 e. The van der Waals surface area contributed by atoms with Gasteiger partial charge in [0.1, 0.15) is 0 Å². The van der Waals surface area contributed by atoms with Gasteiger partial charge in [-0.2, -0.15) is 0 Å². The van der Waals surface area contributed by atoms with Crippen LogP contribution in [0.25, 0.3) is 0 Å². The van der Waals surface area contributed by atoms with E-state index in [1.807, 2.05) is 13.8 Å². The van der Waals surface area contributed by atoms with Crippen molar-refractivity contribution >= 4 is 6.29 Å². The fourth-order valence-electron chi connectivity index (χ4n) is 2.65. The summed E-state index contributed by atoms with van der Waals surface area (Å²) in [6.45, 7) is 8.92. The smallest absolute Gasteiger partial charge is 0.261 e. The lowest BCUT2D eigenvalue weighted by atomic mass is 10.0. The van der Waals surface area contributed by atoms with Crippen LogP contribution in [0.4, 0.5) is 0 Å². The molecule has 1 aliphatic rings. The fourth-order valence-corrected chi connectivity index (χ4v) is 2.65. The highest BCUT2D eigenvalue weighted by Gasteiger charge is 2.21. The highest BCUT2D eigenvalue weighted by molar-refractivity contribution is 5.74. The van der Waals surface area contributed by atoms with Crippen LogP contribution in [0.15, 0.2) is 10.9 Å². The van der Waals surface area contributed by atoms with Crippen molar-refractivity contribution < 1.29 is 4.79 Å². The molecule has 1 aromatic heterocycles. The van der Waals surface area contributed by atoms with E-state index in [1.165, 1.54) is 0 Å². The summed E-state index contributed by atoms with van der Waals surface area (Å²) >= 11 is 0. The molecule has 0 unspecified atom stereocenters. The third-order valence-corrected chi connectivity index (χ3v) is 3.61. The number of rotatable bonds is 3. The van der Waals surface area contributed by atoms with E-state index in [4.69, 9.17) is 0 Å². The van der Waals surface area contributed by atoms with E-state index in [2.05, 4.69) is 11.8 Å². The van der Waals surface area contributed by atoms with Gasteiger partial charge in [0, 0.05) is 31.2 Å². The molecule has 1 aromatic rings. The summed E-state index contributed by atoms with van der Waals surface area (Å²) in [6.07, 6.45) is 1.56. The van der Waals surface area contributed by atoms with Crippen LogP contribution in [0.1, 0.15) is 48.4 Å². The molecule has 0 spiro atoms. The molecule has 18 heavy (non-hydrogen) atoms. The van der Waals surface area contributed by atoms with E-state index in [0.29, 0.717) is 6.29 Å². The number of carbonyl (C=O) groups is 1. The van der Waals surface area contributed by atoms with Gasteiger partial charge in [0.2, 0.25) is 0 Å². The number of likely N-dealkylation sites (N-methyl/N-ethyl adjacent to an activating group) is 1. The topological polar surface area (TPSA) is 42.3 Å². The number of fused-ring (bicyclic) bond motifs is 1. The zero-order valence-corrected chi connectivity index (χ0v) is 11.3. The Bertz CT molecular complexity index is 517. The SMILES string of the molecule is CCN1CCc2c(cc(C=O)c(=O)n2C(C)C)C1. The standard InChI is InChI=1S/C14H20N2O2/c1-4-15-6-5-13-11(8-15)7-12(9-17)14(18)16(13)10(2)3/h7,9-10H,4-6,8H2,1-3H3. The first kappa shape index (κ1) is 13.0. The van der Waals surface area contributed by atoms with Crippen molar-refractivity contribution in [3.63, 3.8) is 0 Å². The lowest BCUT2D eigenvalue weighted by Crippen LogP contribution is -2.37. The molecule has 1 aliphatic heterocycles. The van der Waals surface area contributed by atoms with E-state index in [1.54, 1.807) is 10.6 Å². The average Bonchev–Trinajstić information content (AvgIpc) is 2.36. The van der Waals surface area contributed by atoms with E-state index >= 15 is 0 Å². The van der Waals surface area contributed by atoms with Crippen LogP contribution in [-0.4, -0.2) is 28.8 Å². The first-order chi connectivity index (χ1) is 8.58. The lowest BCUT2D eigenvalue weighted by molar-refractivity contribution is 0.112. The summed E-state index contributed by atoms with van der Waals surface area (Å²) < 4.78 is 1.78. The van der Waals surface area contributed by atoms with E-state index in [0.717, 1.165) is 37.3 Å². The predicted octanol–water partition coefficient (Wildman–Crippen LogP) is 1.62. The van der Waals surface area contributed by atoms with Crippen molar-refractivity contribution in [3.8, 4) is 0 Å². The van der Waals surface area contributed by atoms with Crippen LogP contribution in [0, 0.1) is 0 Å². The Morgan fingerprint density at radius 3 is 2.72 bits per heavy atom. The third-order valence-electron chi connectivity index (χ3n) is 3.61. The highest BCUT2D eigenvalue weighted by Crippen LogP contribution is 2.20. The Balaban J connectivity index is 2.60. The zero-order valence-electron chi connectivity index (χ0n) is 11.3. The van der Waals surface area contributed by atoms with Gasteiger partial charge in [0.15, 0.2) is 6.29 Å². The maximum Gasteiger partial charge on any atom is 0.261 e. The Hall–Kier alpha value is -1.42. The maximum absolute atomic E-state index is 12.2. The van der Waals surface area contributed by atoms with Gasteiger partial charge < -0.3 is 4.57 Å². The Morgan fingerprint density at radius 2 is 2.17 bits per heavy atom. The van der Waals surface area contributed by atoms with Crippen LogP contribution in [-0.2, 0) is 13.0 Å². The van der Waals surface area contributed by atoms with E-state index in [-0.39, 0.29) is 17.2 Å². The molecule has 2 heterocycles. The molecule has 0 aromatic carbocycles. The third kappa shape index (κ3) is 2.12. The molecule has 0 bridgehead atoms. The molecule has 0 amide bonds. The first-order valence-electron chi connectivity index (χ1n) is 6.53. The van der Waals surface area contributed by atoms with Gasteiger partial charge in [-0.25, -0.2) is 0 Å². The second kappa shape index (κ2) is 5.06. The van der Waals surface area contributed by atoms with Crippen LogP contribution in [0.2, 0.25) is 0 Å². The van der Waals surface area contributed by atoms with Crippen molar-refractivity contribution in [2.75, 3.05) is 13.1 Å². The summed E-state index contributed by atoms with van der Waals surface area (Å²) in [5, 5.41) is 0. The van der Waals surface area contributed by atoms with Crippen LogP contribution >= 0.6 is 0 Å². The zero-order chi connectivity index (χ0) is 13.3. The Morgan fingerprint density at radius 1 is 1.44 bits per heavy atom. The number of hydrogen-bond donors (Lipinski definition) is 0. The lowest BCUT2D eigenvalue weighted by Gasteiger charge is -2.30. The van der Waals surface area contributed by atoms with E-state index in [9.17, 15) is 9.59 Å². The van der Waals surface area contributed by atoms with Gasteiger partial charge in [0.25, 0.3) is 5.56 Å². The molecule has 98 valence electrons. The van der Waals surface area contributed by atoms with Crippen molar-refractivity contribution in [1.29, 1.82) is 0 Å². The Kier molecular flexibility index (Phi) is 3.66. The summed E-state index contributed by atoms with van der Waals surface area (Å²) in [7, 11) is 0. The molecule has 0 fully saturated rings. The molecule has 4 heteroatoms. The Labute approximate surface area is 107 Å². The summed E-state index contributed by atoms with van der Waals surface area (Å²) in [6, 6.07) is 1.87. The van der Waals surface area contributed by atoms with Crippen LogP contribution in [0.5, 0.6) is 0 Å². The van der Waals surface area contributed by atoms with Crippen LogP contribution < -0.4 is 5.56 Å². The molecule has 0 aliphatic carbocycles. The highest BCUT2D eigenvalue weighted by atomic mass is 16.1. The number of aromatic nitrogens is 1. The van der Waals surface area contributed by atoms with E-state index < -0.39 is 0 Å². The normalized spacial score (nSPS) is 15.8. The molecule has 0 radical (unpaired) electrons. The number of pyridine rings is 1. The van der Waals surface area contributed by atoms with Crippen molar-refractivity contribution in [2.45, 2.75) is 39.8 Å². The number of hydrogen-bond acceptors (Lipinski definition) is 3. The molecule has 0 saturated heterocycles. The van der Waals surface area contributed by atoms with Crippen LogP contribution in [0.3, 0.4) is 0 Å². The summed E-state index contributed by atoms with van der Waals surface area (Å²) in [5.41, 5.74) is 2.35. The van der Waals surface area contributed by atoms with Gasteiger partial charge in [-0.15, -0.1) is 0 Å². The van der Waals surface area contributed by atoms with Crippen molar-refractivity contribution in [3.05, 3.63) is 33.2 Å². The molecular formula is C14H20N2O2. The molecular weight excluding hydrogens is 228 g/mol. The maximum atomic E-state index is 12.2. The first-order valence-corrected chi connectivity index (χ1v) is 6.53. The van der Waals surface area contributed by atoms with Gasteiger partial charge in [-0.05, 0) is 32.0 Å². The molecule has 0 saturated carbocycles. The number of nitrogens with zero attached hydrogens (tertiary/aromatic N) is 2. The quantitative estimate of drug-likeness (QED) is 0.763. The van der Waals surface area contributed by atoms with Gasteiger partial charge in [-0.1, -0.05) is 6.92 Å². The molecule has 4 nitrogen and oxygen atoms in total. The number of carbonyl (C=O) groups excluding carboxylic acids is 1. The summed E-state index contributed by atoms with van der Waals surface area (Å²) in [4.78, 5) is 25.5. The second-order valence-corrected chi connectivity index (χ2v) is 5.08. The van der Waals surface area contributed by atoms with Gasteiger partial charge in [0.05, 0.1) is 5.56 Å². The minimum atomic E-state index is -0.149. The second-order valence-electron chi connectivity index (χ2n) is 5.08.